The van der Waals surface area contributed by atoms with Gasteiger partial charge in [0.05, 0.1) is 0 Å². The molecule has 0 amide bonds. The van der Waals surface area contributed by atoms with Gasteiger partial charge in [-0.1, -0.05) is 13.8 Å². The van der Waals surface area contributed by atoms with Crippen LogP contribution in [0.2, 0.25) is 0 Å². The lowest BCUT2D eigenvalue weighted by atomic mass is 9.96. The van der Waals surface area contributed by atoms with E-state index in [-0.39, 0.29) is 0 Å². The van der Waals surface area contributed by atoms with E-state index in [1.807, 2.05) is 6.92 Å². The average Bonchev–Trinajstić information content (AvgIpc) is 2.68. The molecule has 2 heterocycles. The van der Waals surface area contributed by atoms with Crippen molar-refractivity contribution in [2.75, 3.05) is 13.1 Å². The zero-order valence-corrected chi connectivity index (χ0v) is 13.2. The predicted molar refractivity (Wildman–Crippen MR) is 79.4 cm³/mol. The standard InChI is InChI=1S/C16H28N2O/c1-10(2)16-9-18(11(3)8-17-16)13(5)15-7-12(4)19-14(15)6/h7,10-11,13,16-17H,8-9H2,1-6H3. The molecule has 1 N–H and O–H groups in total. The molecular formula is C16H28N2O. The zero-order chi connectivity index (χ0) is 14.2. The Hall–Kier alpha value is -0.800. The van der Waals surface area contributed by atoms with Gasteiger partial charge in [-0.15, -0.1) is 0 Å². The second-order valence-corrected chi connectivity index (χ2v) is 6.35. The van der Waals surface area contributed by atoms with Gasteiger partial charge in [0.25, 0.3) is 0 Å². The molecular weight excluding hydrogens is 236 g/mol. The molecule has 0 radical (unpaired) electrons. The van der Waals surface area contributed by atoms with Crippen molar-refractivity contribution in [3.63, 3.8) is 0 Å². The van der Waals surface area contributed by atoms with Gasteiger partial charge in [0.2, 0.25) is 0 Å². The summed E-state index contributed by atoms with van der Waals surface area (Å²) >= 11 is 0. The number of piperazine rings is 1. The summed E-state index contributed by atoms with van der Waals surface area (Å²) in [5.41, 5.74) is 1.34. The lowest BCUT2D eigenvalue weighted by molar-refractivity contribution is 0.0846. The Labute approximate surface area is 117 Å². The molecule has 108 valence electrons. The third-order valence-corrected chi connectivity index (χ3v) is 4.48. The Bertz CT molecular complexity index is 424. The Morgan fingerprint density at radius 1 is 1.32 bits per heavy atom. The highest BCUT2D eigenvalue weighted by Gasteiger charge is 2.31. The summed E-state index contributed by atoms with van der Waals surface area (Å²) < 4.78 is 5.69. The van der Waals surface area contributed by atoms with Gasteiger partial charge >= 0.3 is 0 Å². The van der Waals surface area contributed by atoms with Crippen molar-refractivity contribution >= 4 is 0 Å². The molecule has 1 aromatic rings. The normalized spacial score (nSPS) is 26.9. The van der Waals surface area contributed by atoms with E-state index in [9.17, 15) is 0 Å². The van der Waals surface area contributed by atoms with Gasteiger partial charge in [-0.2, -0.15) is 0 Å². The van der Waals surface area contributed by atoms with Crippen LogP contribution in [-0.2, 0) is 0 Å². The van der Waals surface area contributed by atoms with E-state index in [0.29, 0.717) is 24.0 Å². The highest BCUT2D eigenvalue weighted by atomic mass is 16.3. The summed E-state index contributed by atoms with van der Waals surface area (Å²) in [6.45, 7) is 15.5. The Morgan fingerprint density at radius 2 is 2.00 bits per heavy atom. The van der Waals surface area contributed by atoms with Gasteiger partial charge in [0, 0.05) is 36.8 Å². The maximum absolute atomic E-state index is 5.69. The molecule has 0 saturated carbocycles. The third kappa shape index (κ3) is 3.03. The van der Waals surface area contributed by atoms with Crippen molar-refractivity contribution in [1.82, 2.24) is 10.2 Å². The van der Waals surface area contributed by atoms with Crippen molar-refractivity contribution in [3.8, 4) is 0 Å². The summed E-state index contributed by atoms with van der Waals surface area (Å²) in [5.74, 6) is 2.76. The molecule has 2 rings (SSSR count). The first-order valence-electron chi connectivity index (χ1n) is 7.46. The van der Waals surface area contributed by atoms with Crippen molar-refractivity contribution in [1.29, 1.82) is 0 Å². The summed E-state index contributed by atoms with van der Waals surface area (Å²) in [5, 5.41) is 3.66. The van der Waals surface area contributed by atoms with Gasteiger partial charge in [-0.3, -0.25) is 4.90 Å². The molecule has 0 aromatic carbocycles. The maximum atomic E-state index is 5.69. The van der Waals surface area contributed by atoms with Crippen molar-refractivity contribution in [3.05, 3.63) is 23.2 Å². The predicted octanol–water partition coefficient (Wildman–Crippen LogP) is 3.28. The monoisotopic (exact) mass is 264 g/mol. The SMILES string of the molecule is Cc1cc(C(C)N2CC(C(C)C)NCC2C)c(C)o1. The van der Waals surface area contributed by atoms with Crippen LogP contribution in [0.4, 0.5) is 0 Å². The minimum Gasteiger partial charge on any atom is -0.466 e. The summed E-state index contributed by atoms with van der Waals surface area (Å²) in [4.78, 5) is 2.61. The van der Waals surface area contributed by atoms with E-state index in [4.69, 9.17) is 4.42 Å². The molecule has 1 fully saturated rings. The Balaban J connectivity index is 2.16. The minimum absolute atomic E-state index is 0.427. The van der Waals surface area contributed by atoms with Crippen LogP contribution in [0.1, 0.15) is 50.8 Å². The Morgan fingerprint density at radius 3 is 2.53 bits per heavy atom. The van der Waals surface area contributed by atoms with E-state index in [0.717, 1.165) is 24.6 Å². The van der Waals surface area contributed by atoms with E-state index in [2.05, 4.69) is 50.9 Å². The smallest absolute Gasteiger partial charge is 0.105 e. The maximum Gasteiger partial charge on any atom is 0.105 e. The second-order valence-electron chi connectivity index (χ2n) is 6.35. The van der Waals surface area contributed by atoms with Gasteiger partial charge in [-0.25, -0.2) is 0 Å². The van der Waals surface area contributed by atoms with Crippen molar-refractivity contribution in [2.45, 2.75) is 59.7 Å². The topological polar surface area (TPSA) is 28.4 Å². The molecule has 3 unspecified atom stereocenters. The van der Waals surface area contributed by atoms with Gasteiger partial charge in [0.1, 0.15) is 11.5 Å². The third-order valence-electron chi connectivity index (χ3n) is 4.48. The van der Waals surface area contributed by atoms with Crippen molar-refractivity contribution < 1.29 is 4.42 Å². The van der Waals surface area contributed by atoms with Crippen LogP contribution in [0.15, 0.2) is 10.5 Å². The molecule has 1 aliphatic heterocycles. The first-order chi connectivity index (χ1) is 8.90. The lowest BCUT2D eigenvalue weighted by Gasteiger charge is -2.43. The first-order valence-corrected chi connectivity index (χ1v) is 7.46. The summed E-state index contributed by atoms with van der Waals surface area (Å²) in [6.07, 6.45) is 0. The number of hydrogen-bond donors (Lipinski definition) is 1. The van der Waals surface area contributed by atoms with Crippen LogP contribution in [-0.4, -0.2) is 30.1 Å². The molecule has 19 heavy (non-hydrogen) atoms. The zero-order valence-electron chi connectivity index (χ0n) is 13.2. The number of rotatable bonds is 3. The van der Waals surface area contributed by atoms with E-state index in [1.54, 1.807) is 0 Å². The van der Waals surface area contributed by atoms with Gasteiger partial charge in [0.15, 0.2) is 0 Å². The molecule has 0 bridgehead atoms. The van der Waals surface area contributed by atoms with Crippen LogP contribution >= 0.6 is 0 Å². The molecule has 3 atom stereocenters. The molecule has 0 spiro atoms. The molecule has 1 saturated heterocycles. The number of aryl methyl sites for hydroxylation is 2. The summed E-state index contributed by atoms with van der Waals surface area (Å²) in [7, 11) is 0. The second kappa shape index (κ2) is 5.68. The number of nitrogens with zero attached hydrogens (tertiary/aromatic N) is 1. The fourth-order valence-electron chi connectivity index (χ4n) is 3.14. The quantitative estimate of drug-likeness (QED) is 0.908. The van der Waals surface area contributed by atoms with E-state index >= 15 is 0 Å². The van der Waals surface area contributed by atoms with Crippen LogP contribution in [0, 0.1) is 19.8 Å². The molecule has 1 aromatic heterocycles. The fraction of sp³-hybridized carbons (Fsp3) is 0.750. The Kier molecular flexibility index (Phi) is 4.36. The number of nitrogens with one attached hydrogen (secondary N) is 1. The van der Waals surface area contributed by atoms with Crippen LogP contribution in [0.25, 0.3) is 0 Å². The number of furan rings is 1. The average molecular weight is 264 g/mol. The molecule has 1 aliphatic rings. The fourth-order valence-corrected chi connectivity index (χ4v) is 3.14. The minimum atomic E-state index is 0.427. The van der Waals surface area contributed by atoms with Crippen molar-refractivity contribution in [2.24, 2.45) is 5.92 Å². The van der Waals surface area contributed by atoms with Crippen LogP contribution in [0.3, 0.4) is 0 Å². The number of hydrogen-bond acceptors (Lipinski definition) is 3. The van der Waals surface area contributed by atoms with E-state index < -0.39 is 0 Å². The van der Waals surface area contributed by atoms with Crippen LogP contribution < -0.4 is 5.32 Å². The largest absolute Gasteiger partial charge is 0.466 e. The highest BCUT2D eigenvalue weighted by Crippen LogP contribution is 2.29. The van der Waals surface area contributed by atoms with Crippen LogP contribution in [0.5, 0.6) is 0 Å². The molecule has 3 nitrogen and oxygen atoms in total. The highest BCUT2D eigenvalue weighted by molar-refractivity contribution is 5.24. The molecule has 0 aliphatic carbocycles. The lowest BCUT2D eigenvalue weighted by Crippen LogP contribution is -2.57. The summed E-state index contributed by atoms with van der Waals surface area (Å²) in [6, 6.07) is 3.78. The van der Waals surface area contributed by atoms with E-state index in [1.165, 1.54) is 5.56 Å². The van der Waals surface area contributed by atoms with Gasteiger partial charge < -0.3 is 9.73 Å². The first kappa shape index (κ1) is 14.6. The van der Waals surface area contributed by atoms with Gasteiger partial charge in [-0.05, 0) is 39.7 Å². The molecule has 3 heteroatoms.